The van der Waals surface area contributed by atoms with E-state index in [1.54, 1.807) is 22.8 Å². The molecule has 1 aromatic carbocycles. The summed E-state index contributed by atoms with van der Waals surface area (Å²) >= 11 is 11.1. The third-order valence-electron chi connectivity index (χ3n) is 3.05. The van der Waals surface area contributed by atoms with Gasteiger partial charge in [-0.15, -0.1) is 11.8 Å². The van der Waals surface area contributed by atoms with Crippen molar-refractivity contribution in [2.75, 3.05) is 17.6 Å². The first-order valence-corrected chi connectivity index (χ1v) is 8.76. The van der Waals surface area contributed by atoms with E-state index in [-0.39, 0.29) is 0 Å². The molecule has 114 valence electrons. The van der Waals surface area contributed by atoms with E-state index in [0.29, 0.717) is 0 Å². The van der Waals surface area contributed by atoms with Crippen molar-refractivity contribution >= 4 is 56.1 Å². The highest BCUT2D eigenvalue weighted by Gasteiger charge is 2.12. The van der Waals surface area contributed by atoms with Crippen LogP contribution in [0.25, 0.3) is 11.0 Å². The molecule has 0 radical (unpaired) electrons. The van der Waals surface area contributed by atoms with Crippen molar-refractivity contribution in [1.29, 1.82) is 0 Å². The third-order valence-corrected chi connectivity index (χ3v) is 4.88. The maximum absolute atomic E-state index is 5.88. The van der Waals surface area contributed by atoms with E-state index in [0.717, 1.165) is 38.8 Å². The van der Waals surface area contributed by atoms with Crippen molar-refractivity contribution in [2.24, 2.45) is 7.05 Å². The molecule has 0 saturated carbocycles. The van der Waals surface area contributed by atoms with Gasteiger partial charge in [-0.05, 0) is 40.2 Å². The minimum absolute atomic E-state index is 0.749. The van der Waals surface area contributed by atoms with Crippen molar-refractivity contribution in [1.82, 2.24) is 19.7 Å². The van der Waals surface area contributed by atoms with Gasteiger partial charge in [0, 0.05) is 29.3 Å². The van der Waals surface area contributed by atoms with E-state index < -0.39 is 0 Å². The molecule has 8 heteroatoms. The predicted octanol–water partition coefficient (Wildman–Crippen LogP) is 3.98. The number of fused-ring (bicyclic) bond motifs is 1. The number of hydrogen-bond donors (Lipinski definition) is 1. The molecule has 0 aliphatic carbocycles. The molecule has 0 spiro atoms. The number of benzene rings is 1. The fourth-order valence-electron chi connectivity index (χ4n) is 2.04. The van der Waals surface area contributed by atoms with Crippen LogP contribution in [0.2, 0.25) is 5.02 Å². The van der Waals surface area contributed by atoms with Crippen molar-refractivity contribution in [3.8, 4) is 0 Å². The van der Waals surface area contributed by atoms with Crippen molar-refractivity contribution < 1.29 is 0 Å². The van der Waals surface area contributed by atoms with Gasteiger partial charge in [-0.2, -0.15) is 5.10 Å². The number of aromatic nitrogens is 4. The van der Waals surface area contributed by atoms with Gasteiger partial charge >= 0.3 is 0 Å². The number of thioether (sulfide) groups is 1. The van der Waals surface area contributed by atoms with Crippen LogP contribution in [-0.4, -0.2) is 32.0 Å². The number of anilines is 1. The van der Waals surface area contributed by atoms with E-state index in [2.05, 4.69) is 36.3 Å². The van der Waals surface area contributed by atoms with Crippen LogP contribution in [-0.2, 0) is 7.05 Å². The van der Waals surface area contributed by atoms with Crippen LogP contribution in [0, 0.1) is 0 Å². The van der Waals surface area contributed by atoms with Crippen LogP contribution in [0.5, 0.6) is 0 Å². The van der Waals surface area contributed by atoms with Gasteiger partial charge in [0.05, 0.1) is 5.39 Å². The predicted molar refractivity (Wildman–Crippen MR) is 94.7 cm³/mol. The molecule has 0 atom stereocenters. The lowest BCUT2D eigenvalue weighted by Gasteiger charge is -2.06. The summed E-state index contributed by atoms with van der Waals surface area (Å²) in [5.74, 6) is 1.71. The zero-order chi connectivity index (χ0) is 15.5. The molecule has 3 aromatic rings. The normalized spacial score (nSPS) is 11.0. The van der Waals surface area contributed by atoms with Crippen LogP contribution >= 0.6 is 39.3 Å². The van der Waals surface area contributed by atoms with Crippen molar-refractivity contribution in [3.63, 3.8) is 0 Å². The maximum atomic E-state index is 5.88. The molecule has 0 amide bonds. The average molecular weight is 399 g/mol. The Labute approximate surface area is 145 Å². The summed E-state index contributed by atoms with van der Waals surface area (Å²) in [6.45, 7) is 0.792. The Hall–Kier alpha value is -1.31. The first-order valence-electron chi connectivity index (χ1n) is 6.60. The van der Waals surface area contributed by atoms with Crippen LogP contribution in [0.3, 0.4) is 0 Å². The molecular weight excluding hydrogens is 386 g/mol. The van der Waals surface area contributed by atoms with Gasteiger partial charge in [0.2, 0.25) is 0 Å². The Kier molecular flexibility index (Phi) is 4.85. The summed E-state index contributed by atoms with van der Waals surface area (Å²) in [5.41, 5.74) is 0.801. The third kappa shape index (κ3) is 3.37. The summed E-state index contributed by atoms with van der Waals surface area (Å²) in [5, 5.41) is 9.31. The highest BCUT2D eigenvalue weighted by Crippen LogP contribution is 2.27. The van der Waals surface area contributed by atoms with E-state index in [1.165, 1.54) is 4.90 Å². The fourth-order valence-corrected chi connectivity index (χ4v) is 3.54. The van der Waals surface area contributed by atoms with Gasteiger partial charge in [-0.3, -0.25) is 0 Å². The number of rotatable bonds is 5. The minimum atomic E-state index is 0.749. The Balaban J connectivity index is 1.63. The molecule has 5 nitrogen and oxygen atoms in total. The van der Waals surface area contributed by atoms with Crippen LogP contribution < -0.4 is 5.32 Å². The van der Waals surface area contributed by atoms with Crippen LogP contribution in [0.4, 0.5) is 5.82 Å². The van der Waals surface area contributed by atoms with Crippen LogP contribution in [0.1, 0.15) is 0 Å². The van der Waals surface area contributed by atoms with Crippen LogP contribution in [0.15, 0.2) is 40.1 Å². The molecule has 2 heterocycles. The van der Waals surface area contributed by atoms with Crippen molar-refractivity contribution in [3.05, 3.63) is 40.2 Å². The highest BCUT2D eigenvalue weighted by atomic mass is 79.9. The van der Waals surface area contributed by atoms with Gasteiger partial charge in [0.1, 0.15) is 16.7 Å². The topological polar surface area (TPSA) is 55.6 Å². The maximum Gasteiger partial charge on any atom is 0.164 e. The number of nitrogens with one attached hydrogen (secondary N) is 1. The van der Waals surface area contributed by atoms with E-state index >= 15 is 0 Å². The molecule has 22 heavy (non-hydrogen) atoms. The largest absolute Gasteiger partial charge is 0.368 e. The van der Waals surface area contributed by atoms with E-state index in [1.807, 2.05) is 31.3 Å². The molecule has 3 rings (SSSR count). The zero-order valence-corrected chi connectivity index (χ0v) is 14.9. The van der Waals surface area contributed by atoms with Gasteiger partial charge in [0.25, 0.3) is 0 Å². The smallest absolute Gasteiger partial charge is 0.164 e. The van der Waals surface area contributed by atoms with E-state index in [9.17, 15) is 0 Å². The summed E-state index contributed by atoms with van der Waals surface area (Å²) < 4.78 is 2.48. The molecule has 0 bridgehead atoms. The Bertz CT molecular complexity index is 790. The van der Waals surface area contributed by atoms with Gasteiger partial charge in [0.15, 0.2) is 5.65 Å². The summed E-state index contributed by atoms with van der Waals surface area (Å²) in [4.78, 5) is 9.75. The Morgan fingerprint density at radius 2 is 2.05 bits per heavy atom. The second kappa shape index (κ2) is 6.85. The molecule has 0 fully saturated rings. The number of nitrogens with zero attached hydrogens (tertiary/aromatic N) is 4. The summed E-state index contributed by atoms with van der Waals surface area (Å²) in [7, 11) is 1.86. The minimum Gasteiger partial charge on any atom is -0.368 e. The molecule has 0 unspecified atom stereocenters. The van der Waals surface area contributed by atoms with Gasteiger partial charge < -0.3 is 5.32 Å². The number of halogens is 2. The lowest BCUT2D eigenvalue weighted by molar-refractivity contribution is 0.777. The Morgan fingerprint density at radius 3 is 2.82 bits per heavy atom. The lowest BCUT2D eigenvalue weighted by Crippen LogP contribution is -2.06. The summed E-state index contributed by atoms with van der Waals surface area (Å²) in [6.07, 6.45) is 1.55. The molecule has 0 aliphatic heterocycles. The highest BCUT2D eigenvalue weighted by molar-refractivity contribution is 9.10. The standard InChI is InChI=1S/C14H13BrClN5S/c1-21-14-11(12(15)20-21)13(18-8-19-14)17-6-7-22-10-4-2-9(16)3-5-10/h2-5,8H,6-7H2,1H3,(H,17,18,19). The number of aryl methyl sites for hydroxylation is 1. The van der Waals surface area contributed by atoms with Gasteiger partial charge in [-0.25, -0.2) is 14.6 Å². The number of hydrogen-bond acceptors (Lipinski definition) is 5. The molecule has 1 N–H and O–H groups in total. The molecule has 0 aliphatic rings. The summed E-state index contributed by atoms with van der Waals surface area (Å²) in [6, 6.07) is 7.84. The monoisotopic (exact) mass is 397 g/mol. The second-order valence-electron chi connectivity index (χ2n) is 4.56. The second-order valence-corrected chi connectivity index (χ2v) is 6.92. The molecule has 2 aromatic heterocycles. The Morgan fingerprint density at radius 1 is 1.27 bits per heavy atom. The first-order chi connectivity index (χ1) is 10.6. The SMILES string of the molecule is Cn1nc(Br)c2c(NCCSc3ccc(Cl)cc3)ncnc21. The fraction of sp³-hybridized carbons (Fsp3) is 0.214. The quantitative estimate of drug-likeness (QED) is 0.520. The van der Waals surface area contributed by atoms with Crippen molar-refractivity contribution in [2.45, 2.75) is 4.90 Å². The first kappa shape index (κ1) is 15.6. The zero-order valence-electron chi connectivity index (χ0n) is 11.8. The molecular formula is C14H13BrClN5S. The van der Waals surface area contributed by atoms with E-state index in [4.69, 9.17) is 11.6 Å². The average Bonchev–Trinajstić information content (AvgIpc) is 2.81. The van der Waals surface area contributed by atoms with Gasteiger partial charge in [-0.1, -0.05) is 11.6 Å². The molecule has 0 saturated heterocycles. The lowest BCUT2D eigenvalue weighted by atomic mass is 10.4.